The smallest absolute Gasteiger partial charge is 0.244 e. The van der Waals surface area contributed by atoms with Crippen molar-refractivity contribution in [1.82, 2.24) is 9.29 Å². The molecule has 1 aromatic heterocycles. The van der Waals surface area contributed by atoms with Gasteiger partial charge in [0, 0.05) is 12.6 Å². The minimum Gasteiger partial charge on any atom is -0.481 e. The number of methoxy groups -OCH3 is 1. The predicted octanol–water partition coefficient (Wildman–Crippen LogP) is 2.81. The van der Waals surface area contributed by atoms with Gasteiger partial charge in [0.1, 0.15) is 6.04 Å². The number of hydrogen-bond donors (Lipinski definition) is 1. The van der Waals surface area contributed by atoms with Crippen molar-refractivity contribution in [2.24, 2.45) is 0 Å². The zero-order valence-electron chi connectivity index (χ0n) is 16.5. The minimum atomic E-state index is -3.78. The van der Waals surface area contributed by atoms with Gasteiger partial charge in [-0.25, -0.2) is 13.4 Å². The second-order valence-electron chi connectivity index (χ2n) is 7.08. The Hall–Kier alpha value is -2.45. The molecule has 0 radical (unpaired) electrons. The molecular weight excluding hydrogens is 378 g/mol. The molecule has 0 saturated carbocycles. The summed E-state index contributed by atoms with van der Waals surface area (Å²) >= 11 is 0. The van der Waals surface area contributed by atoms with Crippen molar-refractivity contribution in [1.29, 1.82) is 0 Å². The summed E-state index contributed by atoms with van der Waals surface area (Å²) in [7, 11) is -2.27. The monoisotopic (exact) mass is 403 g/mol. The van der Waals surface area contributed by atoms with Crippen LogP contribution in [-0.2, 0) is 14.8 Å². The van der Waals surface area contributed by atoms with E-state index >= 15 is 0 Å². The van der Waals surface area contributed by atoms with Gasteiger partial charge in [0.25, 0.3) is 0 Å². The summed E-state index contributed by atoms with van der Waals surface area (Å²) in [5, 5.41) is 2.76. The fourth-order valence-corrected chi connectivity index (χ4v) is 5.85. The number of sulfonamides is 1. The lowest BCUT2D eigenvalue weighted by molar-refractivity contribution is -0.119. The molecule has 0 bridgehead atoms. The zero-order chi connectivity index (χ0) is 20.5. The van der Waals surface area contributed by atoms with E-state index in [4.69, 9.17) is 4.74 Å². The van der Waals surface area contributed by atoms with E-state index in [0.29, 0.717) is 47.0 Å². The standard InChI is InChI=1S/C20H25N3O4S/c1-13-10-14(2)19(15(3)11-13)28(25,26)23-9-5-6-17(23)20(24)22-16-7-8-18(27-4)21-12-16/h7-8,10-12,17H,5-6,9H2,1-4H3,(H,22,24). The molecule has 28 heavy (non-hydrogen) atoms. The quantitative estimate of drug-likeness (QED) is 0.829. The van der Waals surface area contributed by atoms with Crippen LogP contribution in [0.2, 0.25) is 0 Å². The van der Waals surface area contributed by atoms with E-state index in [9.17, 15) is 13.2 Å². The lowest BCUT2D eigenvalue weighted by Gasteiger charge is -2.25. The van der Waals surface area contributed by atoms with Crippen molar-refractivity contribution in [2.45, 2.75) is 44.6 Å². The largest absolute Gasteiger partial charge is 0.481 e. The van der Waals surface area contributed by atoms with Gasteiger partial charge in [0.2, 0.25) is 21.8 Å². The van der Waals surface area contributed by atoms with Gasteiger partial charge in [-0.1, -0.05) is 17.7 Å². The first-order chi connectivity index (χ1) is 13.2. The van der Waals surface area contributed by atoms with E-state index < -0.39 is 16.1 Å². The number of aryl methyl sites for hydroxylation is 3. The summed E-state index contributed by atoms with van der Waals surface area (Å²) < 4.78 is 33.0. The van der Waals surface area contributed by atoms with Gasteiger partial charge in [-0.15, -0.1) is 0 Å². The number of anilines is 1. The maximum absolute atomic E-state index is 13.4. The number of aromatic nitrogens is 1. The highest BCUT2D eigenvalue weighted by molar-refractivity contribution is 7.89. The van der Waals surface area contributed by atoms with Crippen LogP contribution in [0, 0.1) is 20.8 Å². The lowest BCUT2D eigenvalue weighted by atomic mass is 10.1. The van der Waals surface area contributed by atoms with Crippen molar-refractivity contribution in [3.8, 4) is 5.88 Å². The molecule has 0 spiro atoms. The number of nitrogens with one attached hydrogen (secondary N) is 1. The SMILES string of the molecule is COc1ccc(NC(=O)C2CCCN2S(=O)(=O)c2c(C)cc(C)cc2C)cn1. The van der Waals surface area contributed by atoms with Crippen LogP contribution in [0.15, 0.2) is 35.4 Å². The van der Waals surface area contributed by atoms with Gasteiger partial charge in [0.05, 0.1) is 23.9 Å². The molecule has 1 N–H and O–H groups in total. The van der Waals surface area contributed by atoms with Crippen LogP contribution in [0.5, 0.6) is 5.88 Å². The molecule has 2 heterocycles. The highest BCUT2D eigenvalue weighted by Gasteiger charge is 2.40. The Kier molecular flexibility index (Phi) is 5.71. The number of rotatable bonds is 5. The van der Waals surface area contributed by atoms with E-state index in [0.717, 1.165) is 5.56 Å². The van der Waals surface area contributed by atoms with Gasteiger partial charge >= 0.3 is 0 Å². The third kappa shape index (κ3) is 3.88. The second kappa shape index (κ2) is 7.89. The molecule has 2 aromatic rings. The Morgan fingerprint density at radius 2 is 1.89 bits per heavy atom. The molecule has 1 amide bonds. The Labute approximate surface area is 165 Å². The van der Waals surface area contributed by atoms with E-state index in [2.05, 4.69) is 10.3 Å². The topological polar surface area (TPSA) is 88.6 Å². The van der Waals surface area contributed by atoms with Crippen LogP contribution < -0.4 is 10.1 Å². The van der Waals surface area contributed by atoms with Crippen molar-refractivity contribution >= 4 is 21.6 Å². The Morgan fingerprint density at radius 1 is 1.21 bits per heavy atom. The molecule has 1 atom stereocenters. The first-order valence-corrected chi connectivity index (χ1v) is 10.6. The molecule has 1 aliphatic heterocycles. The first kappa shape index (κ1) is 20.3. The van der Waals surface area contributed by atoms with E-state index in [1.165, 1.54) is 17.6 Å². The molecular formula is C20H25N3O4S. The number of carbonyl (C=O) groups excluding carboxylic acids is 1. The minimum absolute atomic E-state index is 0.295. The fourth-order valence-electron chi connectivity index (χ4n) is 3.78. The van der Waals surface area contributed by atoms with Gasteiger partial charge in [-0.05, 0) is 50.8 Å². The summed E-state index contributed by atoms with van der Waals surface area (Å²) in [6.07, 6.45) is 2.61. The van der Waals surface area contributed by atoms with Crippen molar-refractivity contribution in [2.75, 3.05) is 19.0 Å². The van der Waals surface area contributed by atoms with E-state index in [1.54, 1.807) is 26.0 Å². The molecule has 1 aliphatic rings. The number of benzene rings is 1. The molecule has 8 heteroatoms. The lowest BCUT2D eigenvalue weighted by Crippen LogP contribution is -2.43. The highest BCUT2D eigenvalue weighted by Crippen LogP contribution is 2.31. The van der Waals surface area contributed by atoms with Crippen LogP contribution in [0.4, 0.5) is 5.69 Å². The Morgan fingerprint density at radius 3 is 2.46 bits per heavy atom. The number of amides is 1. The molecule has 1 saturated heterocycles. The average molecular weight is 404 g/mol. The number of pyridine rings is 1. The van der Waals surface area contributed by atoms with Gasteiger partial charge in [-0.2, -0.15) is 4.31 Å². The fraction of sp³-hybridized carbons (Fsp3) is 0.400. The van der Waals surface area contributed by atoms with E-state index in [1.807, 2.05) is 19.1 Å². The van der Waals surface area contributed by atoms with Crippen molar-refractivity contribution in [3.05, 3.63) is 47.2 Å². The molecule has 7 nitrogen and oxygen atoms in total. The van der Waals surface area contributed by atoms with Crippen molar-refractivity contribution < 1.29 is 17.9 Å². The molecule has 3 rings (SSSR count). The third-order valence-corrected chi connectivity index (χ3v) is 7.11. The van der Waals surface area contributed by atoms with Crippen LogP contribution in [0.25, 0.3) is 0 Å². The summed E-state index contributed by atoms with van der Waals surface area (Å²) in [6, 6.07) is 6.28. The first-order valence-electron chi connectivity index (χ1n) is 9.14. The molecule has 1 aromatic carbocycles. The van der Waals surface area contributed by atoms with Crippen LogP contribution in [-0.4, -0.2) is 43.3 Å². The number of hydrogen-bond acceptors (Lipinski definition) is 5. The van der Waals surface area contributed by atoms with Gasteiger partial charge in [-0.3, -0.25) is 4.79 Å². The van der Waals surface area contributed by atoms with E-state index in [-0.39, 0.29) is 5.91 Å². The summed E-state index contributed by atoms with van der Waals surface area (Å²) in [6.45, 7) is 5.85. The zero-order valence-corrected chi connectivity index (χ0v) is 17.3. The van der Waals surface area contributed by atoms with Gasteiger partial charge < -0.3 is 10.1 Å². The average Bonchev–Trinajstić information content (AvgIpc) is 3.12. The molecule has 150 valence electrons. The van der Waals surface area contributed by atoms with Crippen LogP contribution in [0.3, 0.4) is 0 Å². The summed E-state index contributed by atoms with van der Waals surface area (Å²) in [5.74, 6) is 0.0869. The second-order valence-corrected chi connectivity index (χ2v) is 8.91. The predicted molar refractivity (Wildman–Crippen MR) is 107 cm³/mol. The summed E-state index contributed by atoms with van der Waals surface area (Å²) in [5.41, 5.74) is 2.90. The van der Waals surface area contributed by atoms with Gasteiger partial charge in [0.15, 0.2) is 0 Å². The Balaban J connectivity index is 1.86. The highest BCUT2D eigenvalue weighted by atomic mass is 32.2. The van der Waals surface area contributed by atoms with Crippen LogP contribution in [0.1, 0.15) is 29.5 Å². The summed E-state index contributed by atoms with van der Waals surface area (Å²) in [4.78, 5) is 17.2. The third-order valence-electron chi connectivity index (χ3n) is 4.89. The maximum Gasteiger partial charge on any atom is 0.244 e. The number of carbonyl (C=O) groups is 1. The number of nitrogens with zero attached hydrogens (tertiary/aromatic N) is 2. The maximum atomic E-state index is 13.4. The molecule has 1 unspecified atom stereocenters. The molecule has 1 fully saturated rings. The van der Waals surface area contributed by atoms with Crippen molar-refractivity contribution in [3.63, 3.8) is 0 Å². The van der Waals surface area contributed by atoms with Crippen LogP contribution >= 0.6 is 0 Å². The molecule has 0 aliphatic carbocycles. The Bertz CT molecular complexity index is 964. The number of ether oxygens (including phenoxy) is 1. The normalized spacial score (nSPS) is 17.5.